The van der Waals surface area contributed by atoms with Crippen molar-refractivity contribution in [2.75, 3.05) is 5.32 Å². The summed E-state index contributed by atoms with van der Waals surface area (Å²) in [4.78, 5) is 15.7. The number of halogens is 1. The standard InChI is InChI=1S/C13H11ClN2O/c1-2-4-12(17)16-11-7-6-10(14)9-5-3-8-15-13(9)11/h2-8H,1H3,(H,16,17). The summed E-state index contributed by atoms with van der Waals surface area (Å²) in [6.07, 6.45) is 4.81. The van der Waals surface area contributed by atoms with E-state index in [2.05, 4.69) is 10.3 Å². The molecule has 2 rings (SSSR count). The highest BCUT2D eigenvalue weighted by molar-refractivity contribution is 6.36. The Morgan fingerprint density at radius 1 is 1.41 bits per heavy atom. The number of allylic oxidation sites excluding steroid dienone is 1. The first-order valence-corrected chi connectivity index (χ1v) is 5.57. The largest absolute Gasteiger partial charge is 0.321 e. The molecule has 0 spiro atoms. The van der Waals surface area contributed by atoms with E-state index in [4.69, 9.17) is 11.6 Å². The Morgan fingerprint density at radius 3 is 3.00 bits per heavy atom. The molecule has 1 aromatic carbocycles. The third-order valence-electron chi connectivity index (χ3n) is 2.29. The van der Waals surface area contributed by atoms with Gasteiger partial charge in [-0.05, 0) is 37.3 Å². The lowest BCUT2D eigenvalue weighted by atomic mass is 10.2. The third-order valence-corrected chi connectivity index (χ3v) is 2.62. The molecule has 86 valence electrons. The van der Waals surface area contributed by atoms with Gasteiger partial charge >= 0.3 is 0 Å². The second-order valence-electron chi connectivity index (χ2n) is 3.48. The summed E-state index contributed by atoms with van der Waals surface area (Å²) in [5.74, 6) is -0.179. The summed E-state index contributed by atoms with van der Waals surface area (Å²) < 4.78 is 0. The van der Waals surface area contributed by atoms with Crippen LogP contribution in [0.3, 0.4) is 0 Å². The summed E-state index contributed by atoms with van der Waals surface area (Å²) in [7, 11) is 0. The zero-order valence-corrected chi connectivity index (χ0v) is 10.0. The molecule has 0 bridgehead atoms. The van der Waals surface area contributed by atoms with Gasteiger partial charge < -0.3 is 5.32 Å². The molecule has 0 aliphatic carbocycles. The zero-order valence-electron chi connectivity index (χ0n) is 9.27. The number of nitrogens with zero attached hydrogens (tertiary/aromatic N) is 1. The first-order valence-electron chi connectivity index (χ1n) is 5.19. The molecule has 0 unspecified atom stereocenters. The van der Waals surface area contributed by atoms with Crippen LogP contribution in [0.4, 0.5) is 5.69 Å². The number of hydrogen-bond acceptors (Lipinski definition) is 2. The summed E-state index contributed by atoms with van der Waals surface area (Å²) in [6.45, 7) is 1.79. The molecule has 1 amide bonds. The van der Waals surface area contributed by atoms with Crippen LogP contribution in [0.5, 0.6) is 0 Å². The fourth-order valence-electron chi connectivity index (χ4n) is 1.56. The van der Waals surface area contributed by atoms with Crippen LogP contribution in [0.2, 0.25) is 5.02 Å². The lowest BCUT2D eigenvalue weighted by Crippen LogP contribution is -2.08. The number of amides is 1. The minimum atomic E-state index is -0.179. The van der Waals surface area contributed by atoms with Crippen LogP contribution in [0.25, 0.3) is 10.9 Å². The number of carbonyl (C=O) groups excluding carboxylic acids is 1. The highest BCUT2D eigenvalue weighted by atomic mass is 35.5. The van der Waals surface area contributed by atoms with Crippen molar-refractivity contribution in [1.82, 2.24) is 4.98 Å². The Hall–Kier alpha value is -1.87. The van der Waals surface area contributed by atoms with Gasteiger partial charge in [0.25, 0.3) is 0 Å². The van der Waals surface area contributed by atoms with Gasteiger partial charge in [0, 0.05) is 11.6 Å². The normalized spacial score (nSPS) is 10.9. The second-order valence-corrected chi connectivity index (χ2v) is 3.89. The maximum atomic E-state index is 11.5. The fraction of sp³-hybridized carbons (Fsp3) is 0.0769. The number of aromatic nitrogens is 1. The summed E-state index contributed by atoms with van der Waals surface area (Å²) >= 11 is 6.06. The van der Waals surface area contributed by atoms with Gasteiger partial charge in [0.1, 0.15) is 0 Å². The van der Waals surface area contributed by atoms with Crippen LogP contribution in [0, 0.1) is 0 Å². The van der Waals surface area contributed by atoms with Crippen LogP contribution in [-0.2, 0) is 4.79 Å². The van der Waals surface area contributed by atoms with E-state index in [0.29, 0.717) is 16.2 Å². The summed E-state index contributed by atoms with van der Waals surface area (Å²) in [5.41, 5.74) is 1.35. The zero-order chi connectivity index (χ0) is 12.3. The van der Waals surface area contributed by atoms with Crippen LogP contribution in [0.15, 0.2) is 42.6 Å². The van der Waals surface area contributed by atoms with Crippen LogP contribution >= 0.6 is 11.6 Å². The van der Waals surface area contributed by atoms with Crippen molar-refractivity contribution in [1.29, 1.82) is 0 Å². The minimum absolute atomic E-state index is 0.179. The van der Waals surface area contributed by atoms with E-state index in [-0.39, 0.29) is 5.91 Å². The lowest BCUT2D eigenvalue weighted by molar-refractivity contribution is -0.111. The molecule has 0 saturated carbocycles. The van der Waals surface area contributed by atoms with Crippen molar-refractivity contribution >= 4 is 34.1 Å². The second kappa shape index (κ2) is 4.97. The predicted molar refractivity (Wildman–Crippen MR) is 70.2 cm³/mol. The van der Waals surface area contributed by atoms with Crippen molar-refractivity contribution in [3.63, 3.8) is 0 Å². The molecule has 0 radical (unpaired) electrons. The van der Waals surface area contributed by atoms with Crippen LogP contribution in [-0.4, -0.2) is 10.9 Å². The van der Waals surface area contributed by atoms with Gasteiger partial charge in [-0.2, -0.15) is 0 Å². The monoisotopic (exact) mass is 246 g/mol. The molecule has 0 aliphatic heterocycles. The van der Waals surface area contributed by atoms with Crippen molar-refractivity contribution in [3.05, 3.63) is 47.6 Å². The number of fused-ring (bicyclic) bond motifs is 1. The maximum absolute atomic E-state index is 11.5. The highest BCUT2D eigenvalue weighted by Gasteiger charge is 2.06. The van der Waals surface area contributed by atoms with Crippen molar-refractivity contribution < 1.29 is 4.79 Å². The average molecular weight is 247 g/mol. The van der Waals surface area contributed by atoms with Gasteiger partial charge in [0.05, 0.1) is 16.2 Å². The van der Waals surface area contributed by atoms with Crippen LogP contribution in [0.1, 0.15) is 6.92 Å². The number of benzene rings is 1. The first-order chi connectivity index (χ1) is 8.22. The molecule has 2 aromatic rings. The van der Waals surface area contributed by atoms with Gasteiger partial charge in [-0.25, -0.2) is 0 Å². The first kappa shape index (κ1) is 11.6. The van der Waals surface area contributed by atoms with Gasteiger partial charge in [0.15, 0.2) is 0 Å². The van der Waals surface area contributed by atoms with E-state index in [1.54, 1.807) is 31.3 Å². The smallest absolute Gasteiger partial charge is 0.248 e. The highest BCUT2D eigenvalue weighted by Crippen LogP contribution is 2.27. The van der Waals surface area contributed by atoms with Crippen LogP contribution < -0.4 is 5.32 Å². The Bertz CT molecular complexity index is 593. The molecule has 1 N–H and O–H groups in total. The quantitative estimate of drug-likeness (QED) is 0.826. The average Bonchev–Trinajstić information content (AvgIpc) is 2.34. The van der Waals surface area contributed by atoms with Crippen molar-refractivity contribution in [2.45, 2.75) is 6.92 Å². The van der Waals surface area contributed by atoms with E-state index in [1.807, 2.05) is 12.1 Å². The SMILES string of the molecule is CC=CC(=O)Nc1ccc(Cl)c2cccnc12. The van der Waals surface area contributed by atoms with E-state index in [9.17, 15) is 4.79 Å². The molecule has 0 aliphatic rings. The molecule has 1 aromatic heterocycles. The van der Waals surface area contributed by atoms with Gasteiger partial charge in [-0.1, -0.05) is 17.7 Å². The Balaban J connectivity index is 2.48. The lowest BCUT2D eigenvalue weighted by Gasteiger charge is -2.07. The number of nitrogens with one attached hydrogen (secondary N) is 1. The molecule has 1 heterocycles. The number of pyridine rings is 1. The Labute approximate surface area is 104 Å². The molecular weight excluding hydrogens is 236 g/mol. The van der Waals surface area contributed by atoms with E-state index in [1.165, 1.54) is 6.08 Å². The third kappa shape index (κ3) is 2.45. The number of hydrogen-bond donors (Lipinski definition) is 1. The molecule has 0 fully saturated rings. The minimum Gasteiger partial charge on any atom is -0.321 e. The fourth-order valence-corrected chi connectivity index (χ4v) is 1.78. The van der Waals surface area contributed by atoms with Crippen molar-refractivity contribution in [2.24, 2.45) is 0 Å². The Morgan fingerprint density at radius 2 is 2.24 bits per heavy atom. The van der Waals surface area contributed by atoms with E-state index >= 15 is 0 Å². The molecule has 0 atom stereocenters. The molecule has 4 heteroatoms. The van der Waals surface area contributed by atoms with Gasteiger partial charge in [0.2, 0.25) is 5.91 Å². The molecular formula is C13H11ClN2O. The van der Waals surface area contributed by atoms with Crippen molar-refractivity contribution in [3.8, 4) is 0 Å². The predicted octanol–water partition coefficient (Wildman–Crippen LogP) is 3.40. The molecule has 0 saturated heterocycles. The maximum Gasteiger partial charge on any atom is 0.248 e. The number of carbonyl (C=O) groups is 1. The Kier molecular flexibility index (Phi) is 3.40. The molecule has 17 heavy (non-hydrogen) atoms. The number of anilines is 1. The summed E-state index contributed by atoms with van der Waals surface area (Å²) in [6, 6.07) is 7.18. The summed E-state index contributed by atoms with van der Waals surface area (Å²) in [5, 5.41) is 4.21. The number of rotatable bonds is 2. The van der Waals surface area contributed by atoms with Gasteiger partial charge in [-0.3, -0.25) is 9.78 Å². The topological polar surface area (TPSA) is 42.0 Å². The van der Waals surface area contributed by atoms with E-state index < -0.39 is 0 Å². The van der Waals surface area contributed by atoms with Gasteiger partial charge in [-0.15, -0.1) is 0 Å². The van der Waals surface area contributed by atoms with E-state index in [0.717, 1.165) is 5.39 Å². The molecule has 3 nitrogen and oxygen atoms in total.